The Labute approximate surface area is 186 Å². The Morgan fingerprint density at radius 3 is 2.45 bits per heavy atom. The van der Waals surface area contributed by atoms with Crippen molar-refractivity contribution in [3.63, 3.8) is 0 Å². The maximum Gasteiger partial charge on any atom is 0.268 e. The van der Waals surface area contributed by atoms with Crippen LogP contribution in [0.5, 0.6) is 5.75 Å². The summed E-state index contributed by atoms with van der Waals surface area (Å²) in [6, 6.07) is 18.5. The summed E-state index contributed by atoms with van der Waals surface area (Å²) < 4.78 is 5.83. The van der Waals surface area contributed by atoms with Crippen LogP contribution in [0.3, 0.4) is 0 Å². The van der Waals surface area contributed by atoms with Gasteiger partial charge < -0.3 is 15.4 Å². The van der Waals surface area contributed by atoms with E-state index in [9.17, 15) is 9.59 Å². The Morgan fingerprint density at radius 2 is 1.77 bits per heavy atom. The average Bonchev–Trinajstić information content (AvgIpc) is 3.26. The second kappa shape index (κ2) is 10.6. The lowest BCUT2D eigenvalue weighted by Gasteiger charge is -2.17. The largest absolute Gasteiger partial charge is 0.491 e. The monoisotopic (exact) mass is 434 g/mol. The molecular weight excluding hydrogens is 408 g/mol. The summed E-state index contributed by atoms with van der Waals surface area (Å²) in [5.74, 6) is 0.0853. The van der Waals surface area contributed by atoms with Gasteiger partial charge in [-0.2, -0.15) is 0 Å². The normalized spacial score (nSPS) is 12.2. The third kappa shape index (κ3) is 6.55. The molecule has 0 saturated heterocycles. The van der Waals surface area contributed by atoms with E-state index in [4.69, 9.17) is 4.74 Å². The minimum atomic E-state index is -0.366. The molecule has 0 spiro atoms. The molecule has 3 aromatic rings. The summed E-state index contributed by atoms with van der Waals surface area (Å²) in [5, 5.41) is 7.58. The molecule has 2 amide bonds. The first-order valence-corrected chi connectivity index (χ1v) is 10.9. The number of ether oxygens (including phenoxy) is 1. The standard InChI is InChI=1S/C25H26N2O3S/c1-17-10-12-20(13-11-17)24(28)27-22(15-21-8-6-14-31-21)25(29)26-19(3)16-30-23-9-5-4-7-18(23)2/h4-15,19H,16H2,1-3H3,(H,26,29)(H,27,28)/b22-15-/t19-/m0/s1. The molecule has 5 nitrogen and oxygen atoms in total. The zero-order valence-electron chi connectivity index (χ0n) is 17.8. The Hall–Kier alpha value is -3.38. The molecule has 1 aromatic heterocycles. The molecule has 0 aliphatic heterocycles. The van der Waals surface area contributed by atoms with Crippen molar-refractivity contribution in [2.24, 2.45) is 0 Å². The van der Waals surface area contributed by atoms with Crippen LogP contribution in [0.1, 0.15) is 33.3 Å². The van der Waals surface area contributed by atoms with Gasteiger partial charge in [-0.25, -0.2) is 0 Å². The van der Waals surface area contributed by atoms with Gasteiger partial charge in [0.2, 0.25) is 0 Å². The maximum atomic E-state index is 12.9. The van der Waals surface area contributed by atoms with Crippen molar-refractivity contribution in [3.8, 4) is 5.75 Å². The first kappa shape index (κ1) is 22.3. The second-order valence-electron chi connectivity index (χ2n) is 7.34. The molecule has 0 unspecified atom stereocenters. The van der Waals surface area contributed by atoms with Crippen molar-refractivity contribution in [3.05, 3.63) is 93.3 Å². The first-order valence-electron chi connectivity index (χ1n) is 10.0. The topological polar surface area (TPSA) is 67.4 Å². The van der Waals surface area contributed by atoms with Crippen molar-refractivity contribution in [2.45, 2.75) is 26.8 Å². The van der Waals surface area contributed by atoms with Gasteiger partial charge in [-0.1, -0.05) is 42.0 Å². The van der Waals surface area contributed by atoms with Gasteiger partial charge >= 0.3 is 0 Å². The van der Waals surface area contributed by atoms with Crippen molar-refractivity contribution >= 4 is 29.2 Å². The molecule has 0 fully saturated rings. The molecule has 0 aliphatic rings. The minimum absolute atomic E-state index is 0.191. The Kier molecular flexibility index (Phi) is 7.62. The van der Waals surface area contributed by atoms with E-state index < -0.39 is 0 Å². The van der Waals surface area contributed by atoms with Crippen LogP contribution in [0.15, 0.2) is 71.7 Å². The van der Waals surface area contributed by atoms with Crippen LogP contribution < -0.4 is 15.4 Å². The maximum absolute atomic E-state index is 12.9. The Morgan fingerprint density at radius 1 is 1.03 bits per heavy atom. The molecular formula is C25H26N2O3S. The lowest BCUT2D eigenvalue weighted by molar-refractivity contribution is -0.118. The third-order valence-electron chi connectivity index (χ3n) is 4.60. The van der Waals surface area contributed by atoms with Gasteiger partial charge in [-0.15, -0.1) is 11.3 Å². The molecule has 0 saturated carbocycles. The van der Waals surface area contributed by atoms with E-state index in [1.54, 1.807) is 18.2 Å². The minimum Gasteiger partial charge on any atom is -0.491 e. The van der Waals surface area contributed by atoms with E-state index >= 15 is 0 Å². The van der Waals surface area contributed by atoms with Crippen LogP contribution >= 0.6 is 11.3 Å². The van der Waals surface area contributed by atoms with Crippen molar-refractivity contribution in [2.75, 3.05) is 6.61 Å². The van der Waals surface area contributed by atoms with Crippen molar-refractivity contribution in [1.29, 1.82) is 0 Å². The van der Waals surface area contributed by atoms with Gasteiger partial charge in [0.1, 0.15) is 18.1 Å². The summed E-state index contributed by atoms with van der Waals surface area (Å²) in [6.07, 6.45) is 1.68. The Bertz CT molecular complexity index is 1060. The Balaban J connectivity index is 1.68. The predicted molar refractivity (Wildman–Crippen MR) is 125 cm³/mol. The van der Waals surface area contributed by atoms with Gasteiger partial charge in [0.15, 0.2) is 0 Å². The number of hydrogen-bond acceptors (Lipinski definition) is 4. The fourth-order valence-corrected chi connectivity index (χ4v) is 3.51. The quantitative estimate of drug-likeness (QED) is 0.504. The number of aryl methyl sites for hydroxylation is 2. The van der Waals surface area contributed by atoms with Crippen molar-refractivity contribution < 1.29 is 14.3 Å². The second-order valence-corrected chi connectivity index (χ2v) is 8.32. The number of nitrogens with one attached hydrogen (secondary N) is 2. The summed E-state index contributed by atoms with van der Waals surface area (Å²) in [7, 11) is 0. The zero-order chi connectivity index (χ0) is 22.2. The molecule has 1 atom stereocenters. The molecule has 1 heterocycles. The molecule has 2 aromatic carbocycles. The molecule has 2 N–H and O–H groups in total. The van der Waals surface area contributed by atoms with Gasteiger partial charge in [-0.05, 0) is 62.1 Å². The van der Waals surface area contributed by atoms with Gasteiger partial charge in [0.05, 0.1) is 6.04 Å². The number of para-hydroxylation sites is 1. The third-order valence-corrected chi connectivity index (χ3v) is 5.42. The molecule has 3 rings (SSSR count). The van der Waals surface area contributed by atoms with E-state index in [2.05, 4.69) is 10.6 Å². The number of rotatable bonds is 8. The fraction of sp³-hybridized carbons (Fsp3) is 0.200. The highest BCUT2D eigenvalue weighted by Crippen LogP contribution is 2.17. The highest BCUT2D eigenvalue weighted by molar-refractivity contribution is 7.10. The van der Waals surface area contributed by atoms with E-state index in [1.165, 1.54) is 11.3 Å². The lowest BCUT2D eigenvalue weighted by Crippen LogP contribution is -2.41. The van der Waals surface area contributed by atoms with E-state index in [-0.39, 0.29) is 23.6 Å². The fourth-order valence-electron chi connectivity index (χ4n) is 2.85. The van der Waals surface area contributed by atoms with E-state index in [0.29, 0.717) is 12.2 Å². The lowest BCUT2D eigenvalue weighted by atomic mass is 10.1. The zero-order valence-corrected chi connectivity index (χ0v) is 18.7. The predicted octanol–water partition coefficient (Wildman–Crippen LogP) is 4.72. The highest BCUT2D eigenvalue weighted by Gasteiger charge is 2.17. The number of benzene rings is 2. The van der Waals surface area contributed by atoms with Crippen LogP contribution in [0, 0.1) is 13.8 Å². The number of thiophene rings is 1. The van der Waals surface area contributed by atoms with Gasteiger partial charge in [0.25, 0.3) is 11.8 Å². The van der Waals surface area contributed by atoms with E-state index in [1.807, 2.05) is 74.7 Å². The van der Waals surface area contributed by atoms with Crippen LogP contribution in [0.25, 0.3) is 6.08 Å². The molecule has 6 heteroatoms. The number of carbonyl (C=O) groups is 2. The number of amides is 2. The van der Waals surface area contributed by atoms with Crippen LogP contribution in [-0.2, 0) is 4.79 Å². The number of hydrogen-bond donors (Lipinski definition) is 2. The first-order chi connectivity index (χ1) is 14.9. The molecule has 0 aliphatic carbocycles. The average molecular weight is 435 g/mol. The smallest absolute Gasteiger partial charge is 0.268 e. The van der Waals surface area contributed by atoms with E-state index in [0.717, 1.165) is 21.8 Å². The summed E-state index contributed by atoms with van der Waals surface area (Å²) >= 11 is 1.49. The van der Waals surface area contributed by atoms with Crippen molar-refractivity contribution in [1.82, 2.24) is 10.6 Å². The van der Waals surface area contributed by atoms with Crippen LogP contribution in [-0.4, -0.2) is 24.5 Å². The summed E-state index contributed by atoms with van der Waals surface area (Å²) in [4.78, 5) is 26.5. The van der Waals surface area contributed by atoms with Gasteiger partial charge in [-0.3, -0.25) is 9.59 Å². The summed E-state index contributed by atoms with van der Waals surface area (Å²) in [5.41, 5.74) is 2.78. The summed E-state index contributed by atoms with van der Waals surface area (Å²) in [6.45, 7) is 6.11. The SMILES string of the molecule is Cc1ccc(C(=O)N/C(=C\c2cccs2)C(=O)N[C@@H](C)COc2ccccc2C)cc1. The van der Waals surface area contributed by atoms with Gasteiger partial charge in [0, 0.05) is 10.4 Å². The van der Waals surface area contributed by atoms with Crippen LogP contribution in [0.4, 0.5) is 0 Å². The van der Waals surface area contributed by atoms with Crippen LogP contribution in [0.2, 0.25) is 0 Å². The number of carbonyl (C=O) groups excluding carboxylic acids is 2. The highest BCUT2D eigenvalue weighted by atomic mass is 32.1. The molecule has 0 radical (unpaired) electrons. The molecule has 0 bridgehead atoms. The molecule has 160 valence electrons. The molecule has 31 heavy (non-hydrogen) atoms.